The second kappa shape index (κ2) is 8.91. The van der Waals surface area contributed by atoms with Crippen LogP contribution in [0.3, 0.4) is 0 Å². The molecule has 7 rings (SSSR count). The van der Waals surface area contributed by atoms with Crippen molar-refractivity contribution in [2.24, 2.45) is 0 Å². The number of hydrogen-bond donors (Lipinski definition) is 0. The Morgan fingerprint density at radius 1 is 0.361 bits per heavy atom. The van der Waals surface area contributed by atoms with E-state index in [0.29, 0.717) is 0 Å². The van der Waals surface area contributed by atoms with Crippen LogP contribution in [0.2, 0.25) is 0 Å². The van der Waals surface area contributed by atoms with Gasteiger partial charge in [0.25, 0.3) is 0 Å². The van der Waals surface area contributed by atoms with E-state index in [9.17, 15) is 0 Å². The minimum atomic E-state index is 1.22. The second-order valence-electron chi connectivity index (χ2n) is 9.11. The number of thiophene rings is 2. The predicted octanol–water partition coefficient (Wildman–Crippen LogP) is 10.8. The van der Waals surface area contributed by atoms with Gasteiger partial charge in [-0.25, -0.2) is 0 Å². The monoisotopic (exact) mass is 494 g/mol. The van der Waals surface area contributed by atoms with Crippen LogP contribution in [-0.4, -0.2) is 0 Å². The maximum atomic E-state index is 2.31. The lowest BCUT2D eigenvalue weighted by atomic mass is 10.00. The number of fused-ring (bicyclic) bond motifs is 4. The molecule has 0 aliphatic carbocycles. The van der Waals surface area contributed by atoms with Crippen LogP contribution in [0.25, 0.3) is 66.0 Å². The highest BCUT2D eigenvalue weighted by molar-refractivity contribution is 7.20. The van der Waals surface area contributed by atoms with Crippen LogP contribution in [-0.2, 0) is 0 Å². The first-order chi connectivity index (χ1) is 17.8. The molecule has 0 unspecified atom stereocenters. The fourth-order valence-corrected chi connectivity index (χ4v) is 6.70. The van der Waals surface area contributed by atoms with Crippen LogP contribution in [0, 0.1) is 0 Å². The lowest BCUT2D eigenvalue weighted by Gasteiger charge is -2.05. The third kappa shape index (κ3) is 4.15. The van der Waals surface area contributed by atoms with E-state index in [-0.39, 0.29) is 0 Å². The largest absolute Gasteiger partial charge is 0.136 e. The van der Waals surface area contributed by atoms with E-state index >= 15 is 0 Å². The molecule has 36 heavy (non-hydrogen) atoms. The van der Waals surface area contributed by atoms with Crippen molar-refractivity contribution >= 4 is 88.7 Å². The average molecular weight is 495 g/mol. The summed E-state index contributed by atoms with van der Waals surface area (Å²) in [4.78, 5) is 2.57. The van der Waals surface area contributed by atoms with Crippen LogP contribution in [0.5, 0.6) is 0 Å². The molecule has 0 fully saturated rings. The third-order valence-electron chi connectivity index (χ3n) is 6.61. The quantitative estimate of drug-likeness (QED) is 0.213. The number of benzene rings is 5. The first kappa shape index (κ1) is 21.3. The highest BCUT2D eigenvalue weighted by Gasteiger charge is 2.02. The van der Waals surface area contributed by atoms with Crippen LogP contribution in [0.4, 0.5) is 0 Å². The van der Waals surface area contributed by atoms with Gasteiger partial charge in [0, 0.05) is 19.2 Å². The molecular weight excluding hydrogens is 473 g/mol. The van der Waals surface area contributed by atoms with Crippen molar-refractivity contribution in [3.8, 4) is 0 Å². The van der Waals surface area contributed by atoms with E-state index in [2.05, 4.69) is 133 Å². The third-order valence-corrected chi connectivity index (χ3v) is 8.78. The molecule has 0 radical (unpaired) electrons. The topological polar surface area (TPSA) is 0 Å². The predicted molar refractivity (Wildman–Crippen MR) is 163 cm³/mol. The summed E-state index contributed by atoms with van der Waals surface area (Å²) in [5, 5.41) is 7.71. The fraction of sp³-hybridized carbons (Fsp3) is 0. The van der Waals surface area contributed by atoms with Gasteiger partial charge < -0.3 is 0 Å². The van der Waals surface area contributed by atoms with Gasteiger partial charge in [-0.15, -0.1) is 22.7 Å². The molecule has 0 N–H and O–H groups in total. The van der Waals surface area contributed by atoms with Crippen LogP contribution < -0.4 is 0 Å². The van der Waals surface area contributed by atoms with Crippen molar-refractivity contribution in [1.82, 2.24) is 0 Å². The zero-order valence-corrected chi connectivity index (χ0v) is 21.2. The fourth-order valence-electron chi connectivity index (χ4n) is 4.77. The Morgan fingerprint density at radius 2 is 0.833 bits per heavy atom. The van der Waals surface area contributed by atoms with Crippen molar-refractivity contribution in [3.63, 3.8) is 0 Å². The molecule has 170 valence electrons. The molecule has 0 amide bonds. The zero-order chi connectivity index (χ0) is 23.9. The van der Waals surface area contributed by atoms with E-state index in [4.69, 9.17) is 0 Å². The van der Waals surface area contributed by atoms with E-state index in [1.165, 1.54) is 62.6 Å². The Labute approximate surface area is 218 Å². The normalized spacial score (nSPS) is 12.2. The van der Waals surface area contributed by atoms with Gasteiger partial charge in [-0.2, -0.15) is 0 Å². The van der Waals surface area contributed by atoms with Gasteiger partial charge in [-0.1, -0.05) is 72.8 Å². The summed E-state index contributed by atoms with van der Waals surface area (Å²) >= 11 is 3.67. The Kier molecular flexibility index (Phi) is 5.27. The van der Waals surface area contributed by atoms with Gasteiger partial charge in [0.15, 0.2) is 0 Å². The standard InChI is InChI=1S/C34H22S2/c1-3-7-33-27(5-1)21-31(35-33)15-11-23-9-13-25-20-30-18-24(10-14-26(30)19-29(25)17-23)12-16-32-22-28-6-2-4-8-34(28)36-32/h1-22H/b15-11+,16-12+. The minimum Gasteiger partial charge on any atom is -0.136 e. The molecular formula is C34H22S2. The second-order valence-corrected chi connectivity index (χ2v) is 11.3. The van der Waals surface area contributed by atoms with Gasteiger partial charge in [-0.3, -0.25) is 0 Å². The molecule has 0 saturated carbocycles. The smallest absolute Gasteiger partial charge is 0.0349 e. The Hall–Kier alpha value is -3.98. The summed E-state index contributed by atoms with van der Waals surface area (Å²) in [6.45, 7) is 0. The summed E-state index contributed by atoms with van der Waals surface area (Å²) in [5.41, 5.74) is 2.45. The molecule has 7 aromatic rings. The minimum absolute atomic E-state index is 1.22. The lowest BCUT2D eigenvalue weighted by molar-refractivity contribution is 1.71. The summed E-state index contributed by atoms with van der Waals surface area (Å²) in [7, 11) is 0. The van der Waals surface area contributed by atoms with Gasteiger partial charge in [0.05, 0.1) is 0 Å². The van der Waals surface area contributed by atoms with E-state index in [1.54, 1.807) is 0 Å². The van der Waals surface area contributed by atoms with E-state index < -0.39 is 0 Å². The summed E-state index contributed by atoms with van der Waals surface area (Å²) in [5.74, 6) is 0. The number of rotatable bonds is 4. The molecule has 2 heterocycles. The van der Waals surface area contributed by atoms with E-state index in [1.807, 2.05) is 22.7 Å². The molecule has 0 nitrogen and oxygen atoms in total. The number of hydrogen-bond acceptors (Lipinski definition) is 2. The van der Waals surface area contributed by atoms with E-state index in [0.717, 1.165) is 0 Å². The molecule has 0 aliphatic rings. The summed E-state index contributed by atoms with van der Waals surface area (Å²) < 4.78 is 2.67. The zero-order valence-electron chi connectivity index (χ0n) is 19.5. The Balaban J connectivity index is 1.17. The van der Waals surface area contributed by atoms with Crippen molar-refractivity contribution < 1.29 is 0 Å². The van der Waals surface area contributed by atoms with Crippen molar-refractivity contribution in [2.75, 3.05) is 0 Å². The summed E-state index contributed by atoms with van der Waals surface area (Å²) in [6.07, 6.45) is 8.89. The first-order valence-corrected chi connectivity index (χ1v) is 13.7. The maximum Gasteiger partial charge on any atom is 0.0349 e. The van der Waals surface area contributed by atoms with Crippen LogP contribution >= 0.6 is 22.7 Å². The molecule has 2 heteroatoms. The van der Waals surface area contributed by atoms with Crippen LogP contribution in [0.1, 0.15) is 20.9 Å². The lowest BCUT2D eigenvalue weighted by Crippen LogP contribution is -1.80. The highest BCUT2D eigenvalue weighted by atomic mass is 32.1. The van der Waals surface area contributed by atoms with Crippen molar-refractivity contribution in [2.45, 2.75) is 0 Å². The first-order valence-electron chi connectivity index (χ1n) is 12.1. The Morgan fingerprint density at radius 3 is 1.31 bits per heavy atom. The highest BCUT2D eigenvalue weighted by Crippen LogP contribution is 2.30. The Bertz CT molecular complexity index is 1740. The molecule has 0 bridgehead atoms. The SMILES string of the molecule is C(=C\c1cc2ccccc2s1)/c1ccc2cc3cc(/C=C/c4cc5ccccc5s4)ccc3cc2c1. The molecule has 0 aliphatic heterocycles. The van der Waals surface area contributed by atoms with Crippen LogP contribution in [0.15, 0.2) is 109 Å². The van der Waals surface area contributed by atoms with Crippen molar-refractivity contribution in [1.29, 1.82) is 0 Å². The van der Waals surface area contributed by atoms with Gasteiger partial charge in [0.1, 0.15) is 0 Å². The average Bonchev–Trinajstić information content (AvgIpc) is 3.53. The molecule has 5 aromatic carbocycles. The molecule has 0 saturated heterocycles. The molecule has 2 aromatic heterocycles. The van der Waals surface area contributed by atoms with Crippen molar-refractivity contribution in [3.05, 3.63) is 130 Å². The molecule has 0 spiro atoms. The van der Waals surface area contributed by atoms with Gasteiger partial charge >= 0.3 is 0 Å². The maximum absolute atomic E-state index is 2.31. The van der Waals surface area contributed by atoms with Gasteiger partial charge in [-0.05, 0) is 104 Å². The molecule has 0 atom stereocenters. The van der Waals surface area contributed by atoms with Gasteiger partial charge in [0.2, 0.25) is 0 Å². The summed E-state index contributed by atoms with van der Waals surface area (Å²) in [6, 6.07) is 39.7.